The van der Waals surface area contributed by atoms with Gasteiger partial charge in [0, 0.05) is 6.42 Å². The quantitative estimate of drug-likeness (QED) is 0.485. The highest BCUT2D eigenvalue weighted by Gasteiger charge is 2.35. The van der Waals surface area contributed by atoms with Crippen molar-refractivity contribution in [2.24, 2.45) is 0 Å². The van der Waals surface area contributed by atoms with Crippen LogP contribution in [0.5, 0.6) is 0 Å². The van der Waals surface area contributed by atoms with E-state index < -0.39 is 9.20 Å². The lowest BCUT2D eigenvalue weighted by Crippen LogP contribution is -2.24. The summed E-state index contributed by atoms with van der Waals surface area (Å²) in [4.78, 5) is 11.2. The smallest absolute Gasteiger partial charge is 0.335 e. The molecule has 17 heavy (non-hydrogen) atoms. The van der Waals surface area contributed by atoms with Gasteiger partial charge in [-0.3, -0.25) is 0 Å². The van der Waals surface area contributed by atoms with Crippen molar-refractivity contribution >= 4 is 69.7 Å². The van der Waals surface area contributed by atoms with Crippen molar-refractivity contribution in [3.05, 3.63) is 44.9 Å². The van der Waals surface area contributed by atoms with Crippen LogP contribution in [0.3, 0.4) is 0 Å². The summed E-state index contributed by atoms with van der Waals surface area (Å²) in [6.45, 7) is 0. The van der Waals surface area contributed by atoms with E-state index >= 15 is 0 Å². The first-order chi connectivity index (χ1) is 7.84. The van der Waals surface area contributed by atoms with Crippen molar-refractivity contribution in [2.75, 3.05) is 0 Å². The maximum absolute atomic E-state index is 11.2. The Kier molecular flexibility index (Phi) is 5.89. The third-order valence-electron chi connectivity index (χ3n) is 2.04. The molecule has 0 atom stereocenters. The van der Waals surface area contributed by atoms with E-state index in [2.05, 4.69) is 63.7 Å². The zero-order valence-electron chi connectivity index (χ0n) is 8.46. The minimum Gasteiger partial charge on any atom is -0.478 e. The molecule has 92 valence electrons. The molecule has 1 N–H and O–H groups in total. The lowest BCUT2D eigenvalue weighted by atomic mass is 10.1. The number of hydrogen-bond donors (Lipinski definition) is 1. The molecule has 0 aliphatic heterocycles. The van der Waals surface area contributed by atoms with Crippen molar-refractivity contribution in [2.45, 2.75) is 9.65 Å². The third kappa shape index (κ3) is 4.50. The number of hydrogen-bond acceptors (Lipinski definition) is 1. The molecule has 0 bridgehead atoms. The van der Waals surface area contributed by atoms with Gasteiger partial charge >= 0.3 is 5.97 Å². The first-order valence-electron chi connectivity index (χ1n) is 4.55. The molecule has 6 heteroatoms. The summed E-state index contributed by atoms with van der Waals surface area (Å²) >= 11 is 13.1. The van der Waals surface area contributed by atoms with Crippen molar-refractivity contribution in [1.82, 2.24) is 0 Å². The molecule has 1 rings (SSSR count). The van der Waals surface area contributed by atoms with Gasteiger partial charge in [-0.1, -0.05) is 62.2 Å². The molecule has 0 aromatic heterocycles. The number of carbonyl (C=O) groups is 1. The molecule has 1 aromatic carbocycles. The molecule has 0 fully saturated rings. The minimum absolute atomic E-state index is 0.182. The van der Waals surface area contributed by atoms with Crippen LogP contribution >= 0.6 is 63.7 Å². The molecule has 2 nitrogen and oxygen atoms in total. The van der Waals surface area contributed by atoms with Gasteiger partial charge in [-0.2, -0.15) is 0 Å². The number of rotatable bonds is 4. The summed E-state index contributed by atoms with van der Waals surface area (Å²) in [5.74, 6) is -1.00. The van der Waals surface area contributed by atoms with Gasteiger partial charge in [0.05, 0.1) is 8.96 Å². The highest BCUT2D eigenvalue weighted by molar-refractivity contribution is 9.28. The summed E-state index contributed by atoms with van der Waals surface area (Å²) in [5.41, 5.74) is 1.21. The largest absolute Gasteiger partial charge is 0.478 e. The van der Waals surface area contributed by atoms with Crippen molar-refractivity contribution in [1.29, 1.82) is 0 Å². The molecule has 0 radical (unpaired) electrons. The van der Waals surface area contributed by atoms with E-state index in [0.717, 1.165) is 5.56 Å². The SMILES string of the molecule is O=C(O)C(=C(Br)Br)C(Br)(Br)Cc1ccccc1. The molecule has 0 amide bonds. The number of carboxylic acids is 1. The highest BCUT2D eigenvalue weighted by Crippen LogP contribution is 2.42. The Hall–Kier alpha value is 0.350. The van der Waals surface area contributed by atoms with Crippen LogP contribution in [-0.4, -0.2) is 14.3 Å². The van der Waals surface area contributed by atoms with Gasteiger partial charge in [0.15, 0.2) is 0 Å². The van der Waals surface area contributed by atoms with Crippen LogP contribution in [0.4, 0.5) is 0 Å². The van der Waals surface area contributed by atoms with Crippen molar-refractivity contribution < 1.29 is 9.90 Å². The molecular formula is C11H8Br4O2. The fraction of sp³-hybridized carbons (Fsp3) is 0.182. The van der Waals surface area contributed by atoms with Crippen molar-refractivity contribution in [3.63, 3.8) is 0 Å². The van der Waals surface area contributed by atoms with E-state index in [1.54, 1.807) is 0 Å². The molecular weight excluding hydrogens is 484 g/mol. The zero-order chi connectivity index (χ0) is 13.1. The predicted molar refractivity (Wildman–Crippen MR) is 83.2 cm³/mol. The maximum Gasteiger partial charge on any atom is 0.335 e. The lowest BCUT2D eigenvalue weighted by molar-refractivity contribution is -0.132. The molecule has 1 aromatic rings. The number of alkyl halides is 2. The summed E-state index contributed by atoms with van der Waals surface area (Å²) in [6, 6.07) is 9.64. The van der Waals surface area contributed by atoms with Gasteiger partial charge in [0.25, 0.3) is 0 Å². The minimum atomic E-state index is -1.00. The molecule has 0 unspecified atom stereocenters. The number of halogens is 4. The molecule has 0 spiro atoms. The first-order valence-corrected chi connectivity index (χ1v) is 7.72. The molecule has 0 heterocycles. The van der Waals surface area contributed by atoms with E-state index in [0.29, 0.717) is 9.81 Å². The van der Waals surface area contributed by atoms with E-state index in [1.165, 1.54) is 0 Å². The van der Waals surface area contributed by atoms with E-state index in [-0.39, 0.29) is 5.57 Å². The zero-order valence-corrected chi connectivity index (χ0v) is 14.8. The Labute approximate surface area is 133 Å². The van der Waals surface area contributed by atoms with Gasteiger partial charge < -0.3 is 5.11 Å². The van der Waals surface area contributed by atoms with E-state index in [9.17, 15) is 9.90 Å². The second-order valence-electron chi connectivity index (χ2n) is 3.31. The lowest BCUT2D eigenvalue weighted by Gasteiger charge is -2.21. The second kappa shape index (κ2) is 6.50. The van der Waals surface area contributed by atoms with Crippen LogP contribution < -0.4 is 0 Å². The summed E-state index contributed by atoms with van der Waals surface area (Å²) < 4.78 is -0.419. The van der Waals surface area contributed by atoms with Gasteiger partial charge in [-0.25, -0.2) is 4.79 Å². The molecule has 0 aliphatic rings. The Morgan fingerprint density at radius 1 is 1.18 bits per heavy atom. The Balaban J connectivity index is 3.03. The van der Waals surface area contributed by atoms with Crippen LogP contribution in [-0.2, 0) is 11.2 Å². The summed E-state index contributed by atoms with van der Waals surface area (Å²) in [7, 11) is 0. The van der Waals surface area contributed by atoms with Crippen LogP contribution in [0.1, 0.15) is 5.56 Å². The summed E-state index contributed by atoms with van der Waals surface area (Å²) in [6.07, 6.45) is 0.510. The van der Waals surface area contributed by atoms with Gasteiger partial charge in [0.1, 0.15) is 3.23 Å². The second-order valence-corrected chi connectivity index (χ2v) is 9.73. The normalized spacial score (nSPS) is 11.1. The maximum atomic E-state index is 11.2. The fourth-order valence-corrected chi connectivity index (χ4v) is 4.78. The predicted octanol–water partition coefficient (Wildman–Crippen LogP) is 4.80. The number of benzene rings is 1. The van der Waals surface area contributed by atoms with Gasteiger partial charge in [-0.15, -0.1) is 0 Å². The van der Waals surface area contributed by atoms with Crippen LogP contribution in [0.15, 0.2) is 39.3 Å². The molecule has 0 saturated carbocycles. The average Bonchev–Trinajstić information content (AvgIpc) is 2.15. The number of aliphatic carboxylic acids is 1. The fourth-order valence-electron chi connectivity index (χ4n) is 1.32. The Bertz CT molecular complexity index is 436. The van der Waals surface area contributed by atoms with Crippen LogP contribution in [0.2, 0.25) is 0 Å². The number of carboxylic acid groups (broad SMARTS) is 1. The topological polar surface area (TPSA) is 37.3 Å². The van der Waals surface area contributed by atoms with E-state index in [1.807, 2.05) is 30.3 Å². The van der Waals surface area contributed by atoms with E-state index in [4.69, 9.17) is 0 Å². The average molecular weight is 492 g/mol. The van der Waals surface area contributed by atoms with Gasteiger partial charge in [0.2, 0.25) is 0 Å². The van der Waals surface area contributed by atoms with Gasteiger partial charge in [-0.05, 0) is 37.4 Å². The Morgan fingerprint density at radius 3 is 2.12 bits per heavy atom. The summed E-state index contributed by atoms with van der Waals surface area (Å²) in [5, 5.41) is 9.18. The third-order valence-corrected chi connectivity index (χ3v) is 4.18. The molecule has 0 saturated heterocycles. The molecule has 0 aliphatic carbocycles. The first kappa shape index (κ1) is 15.4. The monoisotopic (exact) mass is 488 g/mol. The van der Waals surface area contributed by atoms with Crippen LogP contribution in [0.25, 0.3) is 0 Å². The standard InChI is InChI=1S/C11H8Br4O2/c12-9(13)8(10(16)17)11(14,15)6-7-4-2-1-3-5-7/h1-5H,6H2,(H,16,17). The Morgan fingerprint density at radius 2 is 1.71 bits per heavy atom. The highest BCUT2D eigenvalue weighted by atomic mass is 79.9. The van der Waals surface area contributed by atoms with Crippen LogP contribution in [0, 0.1) is 0 Å². The van der Waals surface area contributed by atoms with Crippen molar-refractivity contribution in [3.8, 4) is 0 Å².